The lowest BCUT2D eigenvalue weighted by Gasteiger charge is -2.35. The fourth-order valence-corrected chi connectivity index (χ4v) is 4.10. The molecule has 1 saturated heterocycles. The zero-order chi connectivity index (χ0) is 15.7. The van der Waals surface area contributed by atoms with Gasteiger partial charge in [-0.25, -0.2) is 0 Å². The van der Waals surface area contributed by atoms with Crippen molar-refractivity contribution in [2.45, 2.75) is 50.6 Å². The van der Waals surface area contributed by atoms with Crippen LogP contribution in [0.4, 0.5) is 0 Å². The molecule has 1 saturated carbocycles. The molecule has 122 valence electrons. The summed E-state index contributed by atoms with van der Waals surface area (Å²) in [5.41, 5.74) is 0.261. The Balaban J connectivity index is 1.63. The fraction of sp³-hybridized carbons (Fsp3) is 0.647. The lowest BCUT2D eigenvalue weighted by atomic mass is 9.95. The SMILES string of the molecule is COc1c(Cl)cc(Cl)cc1OCCC1(C)CCCN1C1CC1. The highest BCUT2D eigenvalue weighted by Crippen LogP contribution is 2.42. The molecule has 0 radical (unpaired) electrons. The van der Waals surface area contributed by atoms with Crippen LogP contribution in [0.2, 0.25) is 10.0 Å². The molecule has 5 heteroatoms. The number of halogens is 2. The molecule has 22 heavy (non-hydrogen) atoms. The van der Waals surface area contributed by atoms with Crippen molar-refractivity contribution >= 4 is 23.2 Å². The summed E-state index contributed by atoms with van der Waals surface area (Å²) in [7, 11) is 1.59. The van der Waals surface area contributed by atoms with Crippen LogP contribution in [0.25, 0.3) is 0 Å². The summed E-state index contributed by atoms with van der Waals surface area (Å²) in [6, 6.07) is 4.24. The topological polar surface area (TPSA) is 21.7 Å². The molecule has 1 aromatic carbocycles. The molecule has 3 rings (SSSR count). The molecular weight excluding hydrogens is 321 g/mol. The van der Waals surface area contributed by atoms with E-state index in [0.717, 1.165) is 12.5 Å². The number of hydrogen-bond acceptors (Lipinski definition) is 3. The normalized spacial score (nSPS) is 25.5. The minimum absolute atomic E-state index is 0.261. The quantitative estimate of drug-likeness (QED) is 0.741. The van der Waals surface area contributed by atoms with Crippen LogP contribution in [-0.2, 0) is 0 Å². The Kier molecular flexibility index (Phi) is 4.77. The Morgan fingerprint density at radius 2 is 2.09 bits per heavy atom. The number of ether oxygens (including phenoxy) is 2. The summed E-state index contributed by atoms with van der Waals surface area (Å²) in [5.74, 6) is 1.18. The van der Waals surface area contributed by atoms with E-state index in [1.165, 1.54) is 32.2 Å². The number of methoxy groups -OCH3 is 1. The smallest absolute Gasteiger partial charge is 0.179 e. The van der Waals surface area contributed by atoms with Crippen LogP contribution in [0.1, 0.15) is 39.0 Å². The van der Waals surface area contributed by atoms with Crippen LogP contribution in [0.5, 0.6) is 11.5 Å². The number of likely N-dealkylation sites (tertiary alicyclic amines) is 1. The van der Waals surface area contributed by atoms with Gasteiger partial charge in [0.05, 0.1) is 18.7 Å². The molecule has 0 amide bonds. The van der Waals surface area contributed by atoms with E-state index in [1.807, 2.05) is 0 Å². The minimum Gasteiger partial charge on any atom is -0.491 e. The van der Waals surface area contributed by atoms with E-state index in [9.17, 15) is 0 Å². The van der Waals surface area contributed by atoms with Gasteiger partial charge in [0.25, 0.3) is 0 Å². The van der Waals surface area contributed by atoms with E-state index < -0.39 is 0 Å². The van der Waals surface area contributed by atoms with Gasteiger partial charge in [0.1, 0.15) is 0 Å². The zero-order valence-electron chi connectivity index (χ0n) is 13.2. The van der Waals surface area contributed by atoms with Gasteiger partial charge in [-0.05, 0) is 51.6 Å². The van der Waals surface area contributed by atoms with Crippen molar-refractivity contribution in [2.75, 3.05) is 20.3 Å². The maximum atomic E-state index is 6.14. The summed E-state index contributed by atoms with van der Waals surface area (Å²) >= 11 is 12.2. The van der Waals surface area contributed by atoms with Crippen LogP contribution in [-0.4, -0.2) is 36.7 Å². The van der Waals surface area contributed by atoms with Crippen LogP contribution in [0, 0.1) is 0 Å². The van der Waals surface area contributed by atoms with E-state index >= 15 is 0 Å². The number of hydrogen-bond donors (Lipinski definition) is 0. The third kappa shape index (κ3) is 3.32. The number of nitrogens with zero attached hydrogens (tertiary/aromatic N) is 1. The zero-order valence-corrected chi connectivity index (χ0v) is 14.7. The third-order valence-electron chi connectivity index (χ3n) is 4.87. The van der Waals surface area contributed by atoms with Crippen LogP contribution in [0.3, 0.4) is 0 Å². The summed E-state index contributed by atoms with van der Waals surface area (Å²) < 4.78 is 11.3. The van der Waals surface area contributed by atoms with E-state index in [0.29, 0.717) is 28.2 Å². The van der Waals surface area contributed by atoms with Crippen molar-refractivity contribution in [1.29, 1.82) is 0 Å². The molecule has 0 spiro atoms. The van der Waals surface area contributed by atoms with Gasteiger partial charge in [-0.15, -0.1) is 0 Å². The Labute approximate surface area is 142 Å². The molecule has 2 fully saturated rings. The molecule has 0 N–H and O–H groups in total. The number of rotatable bonds is 6. The fourth-order valence-electron chi connectivity index (χ4n) is 3.54. The summed E-state index contributed by atoms with van der Waals surface area (Å²) in [4.78, 5) is 2.68. The first kappa shape index (κ1) is 16.2. The second-order valence-electron chi connectivity index (χ2n) is 6.54. The molecule has 1 aliphatic heterocycles. The molecule has 1 atom stereocenters. The average Bonchev–Trinajstić information content (AvgIpc) is 3.22. The second kappa shape index (κ2) is 6.46. The van der Waals surface area contributed by atoms with Gasteiger partial charge < -0.3 is 9.47 Å². The van der Waals surface area contributed by atoms with Gasteiger partial charge in [-0.2, -0.15) is 0 Å². The summed E-state index contributed by atoms with van der Waals surface area (Å²) in [5, 5.41) is 1.05. The van der Waals surface area contributed by atoms with E-state index in [4.69, 9.17) is 32.7 Å². The average molecular weight is 344 g/mol. The molecule has 0 aromatic heterocycles. The maximum absolute atomic E-state index is 6.14. The lowest BCUT2D eigenvalue weighted by Crippen LogP contribution is -2.43. The highest BCUT2D eigenvalue weighted by Gasteiger charge is 2.43. The largest absolute Gasteiger partial charge is 0.491 e. The van der Waals surface area contributed by atoms with Crippen LogP contribution in [0.15, 0.2) is 12.1 Å². The molecular formula is C17H23Cl2NO2. The highest BCUT2D eigenvalue weighted by atomic mass is 35.5. The molecule has 2 aliphatic rings. The first-order valence-corrected chi connectivity index (χ1v) is 8.72. The first-order valence-electron chi connectivity index (χ1n) is 7.96. The van der Waals surface area contributed by atoms with Crippen molar-refractivity contribution in [1.82, 2.24) is 4.90 Å². The number of benzene rings is 1. The molecule has 1 unspecified atom stereocenters. The van der Waals surface area contributed by atoms with Crippen molar-refractivity contribution in [3.63, 3.8) is 0 Å². The summed E-state index contributed by atoms with van der Waals surface area (Å²) in [6.45, 7) is 4.24. The predicted octanol–water partition coefficient (Wildman–Crippen LogP) is 4.79. The maximum Gasteiger partial charge on any atom is 0.179 e. The standard InChI is InChI=1S/C17H23Cl2NO2/c1-17(6-3-8-20(17)13-4-5-13)7-9-22-15-11-12(18)10-14(19)16(15)21-2/h10-11,13H,3-9H2,1-2H3. The van der Waals surface area contributed by atoms with Crippen molar-refractivity contribution in [2.24, 2.45) is 0 Å². The van der Waals surface area contributed by atoms with Crippen molar-refractivity contribution in [3.05, 3.63) is 22.2 Å². The van der Waals surface area contributed by atoms with E-state index in [-0.39, 0.29) is 5.54 Å². The van der Waals surface area contributed by atoms with Gasteiger partial charge in [0.2, 0.25) is 0 Å². The molecule has 1 aromatic rings. The third-order valence-corrected chi connectivity index (χ3v) is 5.37. The predicted molar refractivity (Wildman–Crippen MR) is 90.5 cm³/mol. The minimum atomic E-state index is 0.261. The van der Waals surface area contributed by atoms with Gasteiger partial charge >= 0.3 is 0 Å². The monoisotopic (exact) mass is 343 g/mol. The van der Waals surface area contributed by atoms with Crippen molar-refractivity contribution < 1.29 is 9.47 Å². The Bertz CT molecular complexity index is 548. The van der Waals surface area contributed by atoms with Crippen molar-refractivity contribution in [3.8, 4) is 11.5 Å². The van der Waals surface area contributed by atoms with Crippen LogP contribution < -0.4 is 9.47 Å². The Morgan fingerprint density at radius 1 is 1.32 bits per heavy atom. The van der Waals surface area contributed by atoms with E-state index in [2.05, 4.69) is 11.8 Å². The second-order valence-corrected chi connectivity index (χ2v) is 7.39. The molecule has 3 nitrogen and oxygen atoms in total. The molecule has 1 aliphatic carbocycles. The Morgan fingerprint density at radius 3 is 2.77 bits per heavy atom. The highest BCUT2D eigenvalue weighted by molar-refractivity contribution is 6.35. The van der Waals surface area contributed by atoms with Crippen LogP contribution >= 0.6 is 23.2 Å². The lowest BCUT2D eigenvalue weighted by molar-refractivity contribution is 0.114. The van der Waals surface area contributed by atoms with Gasteiger partial charge in [0, 0.05) is 22.7 Å². The molecule has 0 bridgehead atoms. The van der Waals surface area contributed by atoms with Gasteiger partial charge in [0.15, 0.2) is 11.5 Å². The van der Waals surface area contributed by atoms with E-state index in [1.54, 1.807) is 19.2 Å². The van der Waals surface area contributed by atoms with Gasteiger partial charge in [-0.1, -0.05) is 23.2 Å². The van der Waals surface area contributed by atoms with Gasteiger partial charge in [-0.3, -0.25) is 4.90 Å². The molecule has 1 heterocycles. The first-order chi connectivity index (χ1) is 10.5. The Hall–Kier alpha value is -0.640. The summed E-state index contributed by atoms with van der Waals surface area (Å²) in [6.07, 6.45) is 6.26.